The Balaban J connectivity index is 1.86. The molecule has 6 heteroatoms. The molecular weight excluding hydrogens is 330 g/mol. The number of hydrogen-bond acceptors (Lipinski definition) is 4. The molecule has 0 aromatic heterocycles. The first-order valence-electron chi connectivity index (χ1n) is 8.60. The number of ether oxygens (including phenoxy) is 1. The highest BCUT2D eigenvalue weighted by atomic mass is 16.5. The summed E-state index contributed by atoms with van der Waals surface area (Å²) in [5.41, 5.74) is 9.09. The van der Waals surface area contributed by atoms with Gasteiger partial charge in [0.15, 0.2) is 6.10 Å². The van der Waals surface area contributed by atoms with Crippen LogP contribution in [0.1, 0.15) is 31.0 Å². The van der Waals surface area contributed by atoms with Crippen molar-refractivity contribution in [3.05, 3.63) is 53.6 Å². The highest BCUT2D eigenvalue weighted by Gasteiger charge is 2.33. The zero-order valence-electron chi connectivity index (χ0n) is 15.2. The van der Waals surface area contributed by atoms with E-state index in [2.05, 4.69) is 5.32 Å². The van der Waals surface area contributed by atoms with Gasteiger partial charge in [-0.2, -0.15) is 0 Å². The van der Waals surface area contributed by atoms with Crippen molar-refractivity contribution in [1.29, 1.82) is 0 Å². The molecule has 2 aromatic carbocycles. The Kier molecular flexibility index (Phi) is 4.95. The van der Waals surface area contributed by atoms with Crippen LogP contribution >= 0.6 is 0 Å². The van der Waals surface area contributed by atoms with Crippen LogP contribution in [-0.2, 0) is 9.59 Å². The van der Waals surface area contributed by atoms with Crippen LogP contribution in [0.2, 0.25) is 0 Å². The van der Waals surface area contributed by atoms with Gasteiger partial charge in [-0.25, -0.2) is 0 Å². The molecule has 3 N–H and O–H groups in total. The van der Waals surface area contributed by atoms with E-state index in [1.54, 1.807) is 13.0 Å². The van der Waals surface area contributed by atoms with Crippen LogP contribution < -0.4 is 20.7 Å². The van der Waals surface area contributed by atoms with E-state index in [1.165, 1.54) is 4.90 Å². The zero-order valence-corrected chi connectivity index (χ0v) is 15.2. The fourth-order valence-electron chi connectivity index (χ4n) is 2.92. The molecule has 0 spiro atoms. The molecule has 2 atom stereocenters. The number of nitrogens with one attached hydrogen (secondary N) is 1. The van der Waals surface area contributed by atoms with Crippen molar-refractivity contribution in [2.75, 3.05) is 16.8 Å². The highest BCUT2D eigenvalue weighted by molar-refractivity contribution is 6.06. The first kappa shape index (κ1) is 17.9. The van der Waals surface area contributed by atoms with Crippen LogP contribution in [0.25, 0.3) is 0 Å². The molecule has 0 saturated heterocycles. The Morgan fingerprint density at radius 1 is 1.31 bits per heavy atom. The standard InChI is InChI=1S/C20H23N3O3/c1-12-6-4-5-7-16(12)22-19(24)11-23-17-10-15(13(2)21)8-9-18(17)26-14(3)20(23)25/h4-10,13-14H,11,21H2,1-3H3,(H,22,24). The second-order valence-corrected chi connectivity index (χ2v) is 6.56. The third kappa shape index (κ3) is 3.55. The summed E-state index contributed by atoms with van der Waals surface area (Å²) in [5.74, 6) is 0.0587. The maximum atomic E-state index is 12.6. The van der Waals surface area contributed by atoms with Gasteiger partial charge < -0.3 is 15.8 Å². The highest BCUT2D eigenvalue weighted by Crippen LogP contribution is 2.35. The molecule has 1 aliphatic heterocycles. The minimum Gasteiger partial charge on any atom is -0.479 e. The average Bonchev–Trinajstić information content (AvgIpc) is 2.60. The van der Waals surface area contributed by atoms with Crippen LogP contribution in [-0.4, -0.2) is 24.5 Å². The van der Waals surface area contributed by atoms with E-state index >= 15 is 0 Å². The Morgan fingerprint density at radius 3 is 2.73 bits per heavy atom. The quantitative estimate of drug-likeness (QED) is 0.885. The number of para-hydroxylation sites is 1. The summed E-state index contributed by atoms with van der Waals surface area (Å²) in [4.78, 5) is 26.6. The lowest BCUT2D eigenvalue weighted by Crippen LogP contribution is -2.47. The number of nitrogens with zero attached hydrogens (tertiary/aromatic N) is 1. The third-order valence-corrected chi connectivity index (χ3v) is 4.44. The average molecular weight is 353 g/mol. The van der Waals surface area contributed by atoms with Crippen molar-refractivity contribution < 1.29 is 14.3 Å². The first-order chi connectivity index (χ1) is 12.4. The van der Waals surface area contributed by atoms with Crippen molar-refractivity contribution in [2.24, 2.45) is 5.73 Å². The van der Waals surface area contributed by atoms with Gasteiger partial charge in [0.05, 0.1) is 5.69 Å². The lowest BCUT2D eigenvalue weighted by molar-refractivity contribution is -0.127. The SMILES string of the molecule is Cc1ccccc1NC(=O)CN1C(=O)C(C)Oc2ccc(C(C)N)cc21. The van der Waals surface area contributed by atoms with Crippen molar-refractivity contribution in [2.45, 2.75) is 32.9 Å². The second kappa shape index (κ2) is 7.17. The zero-order chi connectivity index (χ0) is 18.8. The molecule has 2 amide bonds. The summed E-state index contributed by atoms with van der Waals surface area (Å²) in [6, 6.07) is 12.8. The maximum Gasteiger partial charge on any atom is 0.268 e. The molecule has 2 aromatic rings. The van der Waals surface area contributed by atoms with Crippen molar-refractivity contribution in [3.8, 4) is 5.75 Å². The van der Waals surface area contributed by atoms with Crippen molar-refractivity contribution in [3.63, 3.8) is 0 Å². The van der Waals surface area contributed by atoms with E-state index < -0.39 is 6.10 Å². The van der Waals surface area contributed by atoms with E-state index in [-0.39, 0.29) is 24.4 Å². The van der Waals surface area contributed by atoms with Gasteiger partial charge >= 0.3 is 0 Å². The van der Waals surface area contributed by atoms with E-state index in [0.717, 1.165) is 16.8 Å². The molecule has 0 aliphatic carbocycles. The van der Waals surface area contributed by atoms with Gasteiger partial charge in [0.2, 0.25) is 5.91 Å². The van der Waals surface area contributed by atoms with E-state index in [4.69, 9.17) is 10.5 Å². The number of hydrogen-bond donors (Lipinski definition) is 2. The molecular formula is C20H23N3O3. The Morgan fingerprint density at radius 2 is 2.04 bits per heavy atom. The molecule has 1 aliphatic rings. The number of aryl methyl sites for hydroxylation is 1. The number of rotatable bonds is 4. The first-order valence-corrected chi connectivity index (χ1v) is 8.60. The summed E-state index contributed by atoms with van der Waals surface area (Å²) < 4.78 is 5.66. The number of nitrogens with two attached hydrogens (primary N) is 1. The van der Waals surface area contributed by atoms with E-state index in [9.17, 15) is 9.59 Å². The van der Waals surface area contributed by atoms with Gasteiger partial charge in [-0.15, -0.1) is 0 Å². The lowest BCUT2D eigenvalue weighted by atomic mass is 10.1. The fourth-order valence-corrected chi connectivity index (χ4v) is 2.92. The van der Waals surface area contributed by atoms with Gasteiger partial charge in [-0.05, 0) is 50.1 Å². The number of carbonyl (C=O) groups excluding carboxylic acids is 2. The molecule has 136 valence electrons. The Hall–Kier alpha value is -2.86. The van der Waals surface area contributed by atoms with Crippen LogP contribution in [0.3, 0.4) is 0 Å². The molecule has 0 bridgehead atoms. The number of amides is 2. The maximum absolute atomic E-state index is 12.6. The Bertz CT molecular complexity index is 848. The number of benzene rings is 2. The summed E-state index contributed by atoms with van der Waals surface area (Å²) in [6.45, 7) is 5.38. The second-order valence-electron chi connectivity index (χ2n) is 6.56. The summed E-state index contributed by atoms with van der Waals surface area (Å²) >= 11 is 0. The molecule has 1 heterocycles. The molecule has 2 unspecified atom stereocenters. The van der Waals surface area contributed by atoms with Gasteiger partial charge in [-0.1, -0.05) is 24.3 Å². The van der Waals surface area contributed by atoms with Crippen LogP contribution in [0.4, 0.5) is 11.4 Å². The van der Waals surface area contributed by atoms with Gasteiger partial charge in [-0.3, -0.25) is 14.5 Å². The van der Waals surface area contributed by atoms with Gasteiger partial charge in [0.1, 0.15) is 12.3 Å². The third-order valence-electron chi connectivity index (χ3n) is 4.44. The molecule has 0 fully saturated rings. The molecule has 3 rings (SSSR count). The smallest absolute Gasteiger partial charge is 0.268 e. The van der Waals surface area contributed by atoms with Crippen molar-refractivity contribution >= 4 is 23.2 Å². The molecule has 0 saturated carbocycles. The summed E-state index contributed by atoms with van der Waals surface area (Å²) in [5, 5.41) is 2.86. The van der Waals surface area contributed by atoms with E-state index in [1.807, 2.05) is 50.2 Å². The predicted molar refractivity (Wildman–Crippen MR) is 101 cm³/mol. The molecule has 26 heavy (non-hydrogen) atoms. The normalized spacial score (nSPS) is 17.3. The molecule has 0 radical (unpaired) electrons. The number of fused-ring (bicyclic) bond motifs is 1. The van der Waals surface area contributed by atoms with E-state index in [0.29, 0.717) is 11.4 Å². The number of anilines is 2. The fraction of sp³-hybridized carbons (Fsp3) is 0.300. The minimum absolute atomic E-state index is 0.0870. The number of carbonyl (C=O) groups is 2. The minimum atomic E-state index is -0.644. The Labute approximate surface area is 152 Å². The monoisotopic (exact) mass is 353 g/mol. The van der Waals surface area contributed by atoms with Crippen LogP contribution in [0, 0.1) is 6.92 Å². The van der Waals surface area contributed by atoms with Crippen LogP contribution in [0.15, 0.2) is 42.5 Å². The summed E-state index contributed by atoms with van der Waals surface area (Å²) in [7, 11) is 0. The topological polar surface area (TPSA) is 84.7 Å². The van der Waals surface area contributed by atoms with Crippen molar-refractivity contribution in [1.82, 2.24) is 0 Å². The molecule has 6 nitrogen and oxygen atoms in total. The largest absolute Gasteiger partial charge is 0.479 e. The summed E-state index contributed by atoms with van der Waals surface area (Å²) in [6.07, 6.45) is -0.644. The van der Waals surface area contributed by atoms with Crippen LogP contribution in [0.5, 0.6) is 5.75 Å². The van der Waals surface area contributed by atoms with Gasteiger partial charge in [0.25, 0.3) is 5.91 Å². The lowest BCUT2D eigenvalue weighted by Gasteiger charge is -2.33. The predicted octanol–water partition coefficient (Wildman–Crippen LogP) is 2.77. The van der Waals surface area contributed by atoms with Gasteiger partial charge in [0, 0.05) is 11.7 Å².